The number of hydrogen-bond acceptors (Lipinski definition) is 2. The molecule has 0 bridgehead atoms. The van der Waals surface area contributed by atoms with Gasteiger partial charge in [0.2, 0.25) is 0 Å². The third kappa shape index (κ3) is 3.12. The van der Waals surface area contributed by atoms with Crippen molar-refractivity contribution in [2.24, 2.45) is 11.7 Å². The van der Waals surface area contributed by atoms with Crippen LogP contribution in [0, 0.1) is 26.7 Å². The largest absolute Gasteiger partial charge is 0.330 e. The van der Waals surface area contributed by atoms with E-state index in [0.717, 1.165) is 13.0 Å². The van der Waals surface area contributed by atoms with E-state index in [-0.39, 0.29) is 0 Å². The van der Waals surface area contributed by atoms with Crippen LogP contribution in [0.5, 0.6) is 0 Å². The topological polar surface area (TPSA) is 29.3 Å². The molecule has 0 spiro atoms. The minimum Gasteiger partial charge on any atom is -0.330 e. The van der Waals surface area contributed by atoms with E-state index in [1.807, 2.05) is 0 Å². The highest BCUT2D eigenvalue weighted by molar-refractivity contribution is 5.38. The van der Waals surface area contributed by atoms with Crippen LogP contribution in [0.15, 0.2) is 12.1 Å². The molecule has 0 aliphatic rings. The highest BCUT2D eigenvalue weighted by Gasteiger charge is 2.24. The van der Waals surface area contributed by atoms with Crippen LogP contribution in [0.25, 0.3) is 0 Å². The SMILES string of the molecule is CCC(CN)C(c1cc(C)c(C)cc1C)N(C)C. The molecule has 0 saturated carbocycles. The Bertz CT molecular complexity index is 392. The molecule has 0 radical (unpaired) electrons. The van der Waals surface area contributed by atoms with Crippen LogP contribution < -0.4 is 5.73 Å². The smallest absolute Gasteiger partial charge is 0.0384 e. The van der Waals surface area contributed by atoms with Crippen LogP contribution in [-0.4, -0.2) is 25.5 Å². The van der Waals surface area contributed by atoms with E-state index in [4.69, 9.17) is 5.73 Å². The first-order valence-corrected chi connectivity index (χ1v) is 6.86. The summed E-state index contributed by atoms with van der Waals surface area (Å²) in [4.78, 5) is 2.30. The molecule has 0 amide bonds. The number of benzene rings is 1. The zero-order chi connectivity index (χ0) is 13.9. The Labute approximate surface area is 112 Å². The van der Waals surface area contributed by atoms with Crippen molar-refractivity contribution in [3.8, 4) is 0 Å². The normalized spacial score (nSPS) is 14.9. The summed E-state index contributed by atoms with van der Waals surface area (Å²) >= 11 is 0. The van der Waals surface area contributed by atoms with Crippen molar-refractivity contribution in [1.82, 2.24) is 4.90 Å². The van der Waals surface area contributed by atoms with Gasteiger partial charge in [-0.1, -0.05) is 25.5 Å². The fourth-order valence-electron chi connectivity index (χ4n) is 2.77. The first-order valence-electron chi connectivity index (χ1n) is 6.86. The van der Waals surface area contributed by atoms with Crippen LogP contribution in [0.3, 0.4) is 0 Å². The van der Waals surface area contributed by atoms with Gasteiger partial charge in [-0.2, -0.15) is 0 Å². The van der Waals surface area contributed by atoms with Gasteiger partial charge in [0.1, 0.15) is 0 Å². The maximum Gasteiger partial charge on any atom is 0.0384 e. The third-order valence-corrected chi connectivity index (χ3v) is 4.03. The average molecular weight is 248 g/mol. The number of nitrogens with zero attached hydrogens (tertiary/aromatic N) is 1. The Morgan fingerprint density at radius 2 is 1.61 bits per heavy atom. The molecule has 18 heavy (non-hydrogen) atoms. The van der Waals surface area contributed by atoms with E-state index < -0.39 is 0 Å². The van der Waals surface area contributed by atoms with Gasteiger partial charge < -0.3 is 10.6 Å². The van der Waals surface area contributed by atoms with Gasteiger partial charge in [0.25, 0.3) is 0 Å². The molecule has 1 rings (SSSR count). The molecular formula is C16H28N2. The van der Waals surface area contributed by atoms with Crippen LogP contribution in [0.4, 0.5) is 0 Å². The number of rotatable bonds is 5. The molecule has 2 N–H and O–H groups in total. The predicted octanol–water partition coefficient (Wildman–Crippen LogP) is 3.20. The zero-order valence-corrected chi connectivity index (χ0v) is 12.7. The summed E-state index contributed by atoms with van der Waals surface area (Å²) in [6, 6.07) is 5.05. The quantitative estimate of drug-likeness (QED) is 0.867. The molecule has 2 heteroatoms. The monoisotopic (exact) mass is 248 g/mol. The first-order chi connectivity index (χ1) is 8.42. The summed E-state index contributed by atoms with van der Waals surface area (Å²) in [5.41, 5.74) is 11.5. The van der Waals surface area contributed by atoms with E-state index in [1.54, 1.807) is 0 Å². The number of hydrogen-bond donors (Lipinski definition) is 1. The van der Waals surface area contributed by atoms with Crippen molar-refractivity contribution in [3.63, 3.8) is 0 Å². The van der Waals surface area contributed by atoms with E-state index in [0.29, 0.717) is 12.0 Å². The Morgan fingerprint density at radius 3 is 2.06 bits per heavy atom. The molecule has 2 atom stereocenters. The molecule has 0 fully saturated rings. The lowest BCUT2D eigenvalue weighted by Gasteiger charge is -2.33. The highest BCUT2D eigenvalue weighted by Crippen LogP contribution is 2.32. The maximum absolute atomic E-state index is 5.95. The minimum atomic E-state index is 0.416. The van der Waals surface area contributed by atoms with Gasteiger partial charge in [-0.05, 0) is 69.6 Å². The summed E-state index contributed by atoms with van der Waals surface area (Å²) in [7, 11) is 4.30. The molecule has 0 saturated heterocycles. The lowest BCUT2D eigenvalue weighted by Crippen LogP contribution is -2.32. The molecular weight excluding hydrogens is 220 g/mol. The molecule has 2 unspecified atom stereocenters. The van der Waals surface area contributed by atoms with Gasteiger partial charge in [0, 0.05) is 6.04 Å². The first kappa shape index (κ1) is 15.2. The number of nitrogens with two attached hydrogens (primary N) is 1. The Kier molecular flexibility index (Phi) is 5.36. The molecule has 0 aromatic heterocycles. The van der Waals surface area contributed by atoms with Gasteiger partial charge in [-0.25, -0.2) is 0 Å². The molecule has 1 aromatic carbocycles. The molecule has 0 aliphatic heterocycles. The van der Waals surface area contributed by atoms with Crippen molar-refractivity contribution in [1.29, 1.82) is 0 Å². The van der Waals surface area contributed by atoms with Crippen LogP contribution in [0.2, 0.25) is 0 Å². The van der Waals surface area contributed by atoms with Crippen molar-refractivity contribution >= 4 is 0 Å². The Morgan fingerprint density at radius 1 is 1.06 bits per heavy atom. The molecule has 1 aromatic rings. The van der Waals surface area contributed by atoms with Crippen molar-refractivity contribution < 1.29 is 0 Å². The van der Waals surface area contributed by atoms with Crippen LogP contribution in [0.1, 0.15) is 41.6 Å². The zero-order valence-electron chi connectivity index (χ0n) is 12.7. The molecule has 0 heterocycles. The van der Waals surface area contributed by atoms with Crippen LogP contribution >= 0.6 is 0 Å². The highest BCUT2D eigenvalue weighted by atomic mass is 15.1. The summed E-state index contributed by atoms with van der Waals surface area (Å²) in [6.45, 7) is 9.54. The minimum absolute atomic E-state index is 0.416. The van der Waals surface area contributed by atoms with E-state index in [2.05, 4.69) is 58.8 Å². The second-order valence-corrected chi connectivity index (χ2v) is 5.61. The summed E-state index contributed by atoms with van der Waals surface area (Å²) in [5.74, 6) is 0.515. The fraction of sp³-hybridized carbons (Fsp3) is 0.625. The van der Waals surface area contributed by atoms with Gasteiger partial charge in [0.05, 0.1) is 0 Å². The molecule has 0 aliphatic carbocycles. The lowest BCUT2D eigenvalue weighted by atomic mass is 9.86. The van der Waals surface area contributed by atoms with E-state index in [1.165, 1.54) is 22.3 Å². The predicted molar refractivity (Wildman–Crippen MR) is 79.9 cm³/mol. The molecule has 102 valence electrons. The Balaban J connectivity index is 3.25. The Hall–Kier alpha value is -0.860. The second kappa shape index (κ2) is 6.35. The van der Waals surface area contributed by atoms with Gasteiger partial charge in [-0.3, -0.25) is 0 Å². The summed E-state index contributed by atoms with van der Waals surface area (Å²) in [6.07, 6.45) is 1.12. The molecule has 2 nitrogen and oxygen atoms in total. The summed E-state index contributed by atoms with van der Waals surface area (Å²) in [5, 5.41) is 0. The van der Waals surface area contributed by atoms with Gasteiger partial charge in [-0.15, -0.1) is 0 Å². The van der Waals surface area contributed by atoms with Gasteiger partial charge >= 0.3 is 0 Å². The van der Waals surface area contributed by atoms with Crippen molar-refractivity contribution in [3.05, 3.63) is 34.4 Å². The fourth-order valence-corrected chi connectivity index (χ4v) is 2.77. The van der Waals surface area contributed by atoms with Gasteiger partial charge in [0.15, 0.2) is 0 Å². The van der Waals surface area contributed by atoms with E-state index >= 15 is 0 Å². The summed E-state index contributed by atoms with van der Waals surface area (Å²) < 4.78 is 0. The standard InChI is InChI=1S/C16H28N2/c1-7-14(10-17)16(18(5)6)15-9-12(3)11(2)8-13(15)4/h8-9,14,16H,7,10,17H2,1-6H3. The maximum atomic E-state index is 5.95. The van der Waals surface area contributed by atoms with Crippen molar-refractivity contribution in [2.45, 2.75) is 40.2 Å². The third-order valence-electron chi connectivity index (χ3n) is 4.03. The number of aryl methyl sites for hydroxylation is 3. The van der Waals surface area contributed by atoms with Crippen LogP contribution in [-0.2, 0) is 0 Å². The lowest BCUT2D eigenvalue weighted by molar-refractivity contribution is 0.210. The average Bonchev–Trinajstić information content (AvgIpc) is 2.31. The second-order valence-electron chi connectivity index (χ2n) is 5.61. The van der Waals surface area contributed by atoms with Crippen molar-refractivity contribution in [2.75, 3.05) is 20.6 Å². The van der Waals surface area contributed by atoms with E-state index in [9.17, 15) is 0 Å².